The van der Waals surface area contributed by atoms with Crippen LogP contribution in [0.3, 0.4) is 0 Å². The van der Waals surface area contributed by atoms with Crippen molar-refractivity contribution in [2.75, 3.05) is 26.9 Å². The van der Waals surface area contributed by atoms with Crippen LogP contribution in [0, 0.1) is 0 Å². The summed E-state index contributed by atoms with van der Waals surface area (Å²) in [4.78, 5) is 12.6. The van der Waals surface area contributed by atoms with Gasteiger partial charge < -0.3 is 19.5 Å². The Morgan fingerprint density at radius 3 is 2.59 bits per heavy atom. The third-order valence-corrected chi connectivity index (χ3v) is 5.28. The van der Waals surface area contributed by atoms with Gasteiger partial charge in [-0.1, -0.05) is 30.3 Å². The van der Waals surface area contributed by atoms with E-state index >= 15 is 0 Å². The summed E-state index contributed by atoms with van der Waals surface area (Å²) in [5.41, 5.74) is 2.11. The SMILES string of the molecule is COc1ccc2cc([C@@H](C)C(=O)NCCc3ccc4c(c3)OCCO4)ccc2c1. The number of rotatable bonds is 6. The zero-order valence-electron chi connectivity index (χ0n) is 16.7. The van der Waals surface area contributed by atoms with Crippen molar-refractivity contribution in [1.82, 2.24) is 5.32 Å². The van der Waals surface area contributed by atoms with Crippen molar-refractivity contribution < 1.29 is 19.0 Å². The van der Waals surface area contributed by atoms with E-state index in [0.717, 1.165) is 45.6 Å². The molecule has 4 rings (SSSR count). The molecule has 1 aliphatic rings. The predicted octanol–water partition coefficient (Wildman–Crippen LogP) is 4.08. The van der Waals surface area contributed by atoms with Gasteiger partial charge in [-0.25, -0.2) is 0 Å². The molecule has 29 heavy (non-hydrogen) atoms. The highest BCUT2D eigenvalue weighted by Gasteiger charge is 2.16. The number of hydrogen-bond acceptors (Lipinski definition) is 4. The van der Waals surface area contributed by atoms with Crippen molar-refractivity contribution in [2.45, 2.75) is 19.3 Å². The summed E-state index contributed by atoms with van der Waals surface area (Å²) in [7, 11) is 1.66. The molecule has 1 amide bonds. The molecular weight excluding hydrogens is 366 g/mol. The molecule has 0 aromatic heterocycles. The zero-order chi connectivity index (χ0) is 20.2. The van der Waals surface area contributed by atoms with Crippen LogP contribution in [0.4, 0.5) is 0 Å². The fraction of sp³-hybridized carbons (Fsp3) is 0.292. The molecular formula is C24H25NO4. The highest BCUT2D eigenvalue weighted by atomic mass is 16.6. The first-order valence-electron chi connectivity index (χ1n) is 9.88. The quantitative estimate of drug-likeness (QED) is 0.688. The largest absolute Gasteiger partial charge is 0.497 e. The first-order valence-corrected chi connectivity index (χ1v) is 9.88. The smallest absolute Gasteiger partial charge is 0.227 e. The Morgan fingerprint density at radius 1 is 1.00 bits per heavy atom. The van der Waals surface area contributed by atoms with E-state index in [2.05, 4.69) is 11.4 Å². The number of ether oxygens (including phenoxy) is 3. The number of methoxy groups -OCH3 is 1. The Bertz CT molecular complexity index is 1030. The number of carbonyl (C=O) groups is 1. The highest BCUT2D eigenvalue weighted by Crippen LogP contribution is 2.31. The Hall–Kier alpha value is -3.21. The molecule has 1 atom stereocenters. The van der Waals surface area contributed by atoms with Crippen molar-refractivity contribution in [1.29, 1.82) is 0 Å². The van der Waals surface area contributed by atoms with Gasteiger partial charge in [0.2, 0.25) is 5.91 Å². The maximum absolute atomic E-state index is 12.6. The maximum atomic E-state index is 12.6. The van der Waals surface area contributed by atoms with Crippen LogP contribution in [0.1, 0.15) is 24.0 Å². The number of nitrogens with one attached hydrogen (secondary N) is 1. The second-order valence-corrected chi connectivity index (χ2v) is 7.21. The van der Waals surface area contributed by atoms with Crippen LogP contribution in [0.2, 0.25) is 0 Å². The van der Waals surface area contributed by atoms with Crippen molar-refractivity contribution in [2.24, 2.45) is 0 Å². The van der Waals surface area contributed by atoms with E-state index in [0.29, 0.717) is 19.8 Å². The lowest BCUT2D eigenvalue weighted by Gasteiger charge is -2.19. The third kappa shape index (κ3) is 4.29. The molecule has 0 spiro atoms. The van der Waals surface area contributed by atoms with Crippen LogP contribution in [0.5, 0.6) is 17.2 Å². The molecule has 0 saturated carbocycles. The standard InChI is InChI=1S/C24H25NO4/c1-16(18-4-5-20-15-21(27-2)7-6-19(20)14-18)24(26)25-10-9-17-3-8-22-23(13-17)29-12-11-28-22/h3-8,13-16H,9-12H2,1-2H3,(H,25,26)/t16-/m1/s1. The van der Waals surface area contributed by atoms with Gasteiger partial charge in [0.25, 0.3) is 0 Å². The van der Waals surface area contributed by atoms with Gasteiger partial charge in [0.15, 0.2) is 11.5 Å². The molecule has 0 bridgehead atoms. The van der Waals surface area contributed by atoms with E-state index in [1.54, 1.807) is 7.11 Å². The molecule has 0 aliphatic carbocycles. The lowest BCUT2D eigenvalue weighted by atomic mass is 9.97. The molecule has 0 radical (unpaired) electrons. The van der Waals surface area contributed by atoms with Crippen LogP contribution in [-0.2, 0) is 11.2 Å². The number of fused-ring (bicyclic) bond motifs is 2. The number of hydrogen-bond donors (Lipinski definition) is 1. The fourth-order valence-electron chi connectivity index (χ4n) is 3.52. The first-order chi connectivity index (χ1) is 14.1. The number of carbonyl (C=O) groups excluding carboxylic acids is 1. The van der Waals surface area contributed by atoms with Gasteiger partial charge >= 0.3 is 0 Å². The van der Waals surface area contributed by atoms with Crippen molar-refractivity contribution in [3.8, 4) is 17.2 Å². The minimum atomic E-state index is -0.221. The van der Waals surface area contributed by atoms with Crippen molar-refractivity contribution in [3.05, 3.63) is 65.7 Å². The normalized spacial score (nSPS) is 13.7. The zero-order valence-corrected chi connectivity index (χ0v) is 16.7. The molecule has 5 heteroatoms. The topological polar surface area (TPSA) is 56.8 Å². The summed E-state index contributed by atoms with van der Waals surface area (Å²) in [6.07, 6.45) is 0.743. The van der Waals surface area contributed by atoms with Crippen LogP contribution < -0.4 is 19.5 Å². The van der Waals surface area contributed by atoms with Crippen LogP contribution in [0.25, 0.3) is 10.8 Å². The summed E-state index contributed by atoms with van der Waals surface area (Å²) in [5, 5.41) is 5.24. The summed E-state index contributed by atoms with van der Waals surface area (Å²) < 4.78 is 16.4. The van der Waals surface area contributed by atoms with E-state index < -0.39 is 0 Å². The predicted molar refractivity (Wildman–Crippen MR) is 113 cm³/mol. The molecule has 1 aliphatic heterocycles. The molecule has 1 N–H and O–H groups in total. The van der Waals surface area contributed by atoms with Crippen LogP contribution in [0.15, 0.2) is 54.6 Å². The monoisotopic (exact) mass is 391 g/mol. The van der Waals surface area contributed by atoms with Gasteiger partial charge in [0.1, 0.15) is 19.0 Å². The lowest BCUT2D eigenvalue weighted by molar-refractivity contribution is -0.122. The Kier molecular flexibility index (Phi) is 5.56. The van der Waals surface area contributed by atoms with E-state index in [4.69, 9.17) is 14.2 Å². The molecule has 3 aromatic rings. The minimum absolute atomic E-state index is 0.0235. The fourth-order valence-corrected chi connectivity index (χ4v) is 3.52. The van der Waals surface area contributed by atoms with Gasteiger partial charge in [-0.2, -0.15) is 0 Å². The van der Waals surface area contributed by atoms with Gasteiger partial charge in [-0.3, -0.25) is 4.79 Å². The van der Waals surface area contributed by atoms with Gasteiger partial charge in [-0.15, -0.1) is 0 Å². The number of amides is 1. The van der Waals surface area contributed by atoms with E-state index in [1.807, 2.05) is 55.5 Å². The average molecular weight is 391 g/mol. The van der Waals surface area contributed by atoms with E-state index in [-0.39, 0.29) is 11.8 Å². The maximum Gasteiger partial charge on any atom is 0.227 e. The van der Waals surface area contributed by atoms with Gasteiger partial charge in [-0.05, 0) is 59.5 Å². The first kappa shape index (κ1) is 19.1. The molecule has 150 valence electrons. The van der Waals surface area contributed by atoms with E-state index in [1.165, 1.54) is 0 Å². The average Bonchev–Trinajstić information content (AvgIpc) is 2.77. The molecule has 1 heterocycles. The molecule has 0 unspecified atom stereocenters. The van der Waals surface area contributed by atoms with Crippen molar-refractivity contribution >= 4 is 16.7 Å². The Morgan fingerprint density at radius 2 is 1.76 bits per heavy atom. The second kappa shape index (κ2) is 8.43. The molecule has 3 aromatic carbocycles. The Labute approximate surface area is 170 Å². The van der Waals surface area contributed by atoms with Crippen LogP contribution in [-0.4, -0.2) is 32.8 Å². The molecule has 5 nitrogen and oxygen atoms in total. The highest BCUT2D eigenvalue weighted by molar-refractivity contribution is 5.88. The summed E-state index contributed by atoms with van der Waals surface area (Å²) >= 11 is 0. The van der Waals surface area contributed by atoms with Crippen molar-refractivity contribution in [3.63, 3.8) is 0 Å². The van der Waals surface area contributed by atoms with Gasteiger partial charge in [0, 0.05) is 6.54 Å². The summed E-state index contributed by atoms with van der Waals surface area (Å²) in [6, 6.07) is 18.0. The molecule has 0 saturated heterocycles. The third-order valence-electron chi connectivity index (χ3n) is 5.28. The number of benzene rings is 3. The summed E-state index contributed by atoms with van der Waals surface area (Å²) in [5.74, 6) is 2.19. The van der Waals surface area contributed by atoms with Gasteiger partial charge in [0.05, 0.1) is 13.0 Å². The molecule has 0 fully saturated rings. The lowest BCUT2D eigenvalue weighted by Crippen LogP contribution is -2.29. The van der Waals surface area contributed by atoms with Crippen LogP contribution >= 0.6 is 0 Å². The minimum Gasteiger partial charge on any atom is -0.497 e. The Balaban J connectivity index is 1.36. The summed E-state index contributed by atoms with van der Waals surface area (Å²) in [6.45, 7) is 3.67. The second-order valence-electron chi connectivity index (χ2n) is 7.21. The van der Waals surface area contributed by atoms with E-state index in [9.17, 15) is 4.79 Å².